The maximum absolute atomic E-state index is 16.1. The third kappa shape index (κ3) is 5.84. The molecule has 0 unspecified atom stereocenters. The van der Waals surface area contributed by atoms with Gasteiger partial charge in [0.05, 0.1) is 36.1 Å². The summed E-state index contributed by atoms with van der Waals surface area (Å²) in [4.78, 5) is 21.7. The van der Waals surface area contributed by atoms with Crippen LogP contribution in [0.5, 0.6) is 11.5 Å². The first-order chi connectivity index (χ1) is 23.2. The highest BCUT2D eigenvalue weighted by Crippen LogP contribution is 2.47. The van der Waals surface area contributed by atoms with Crippen LogP contribution in [0.1, 0.15) is 18.7 Å². The quantitative estimate of drug-likeness (QED) is 0.123. The first kappa shape index (κ1) is 31.9. The molecule has 1 fully saturated rings. The highest BCUT2D eigenvalue weighted by molar-refractivity contribution is 7.18. The smallest absolute Gasteiger partial charge is 0.246 e. The Morgan fingerprint density at radius 3 is 2.58 bits per heavy atom. The van der Waals surface area contributed by atoms with Crippen LogP contribution in [-0.4, -0.2) is 83.6 Å². The summed E-state index contributed by atoms with van der Waals surface area (Å²) in [6.45, 7) is 8.61. The maximum Gasteiger partial charge on any atom is 0.246 e. The average molecular weight is 672 g/mol. The summed E-state index contributed by atoms with van der Waals surface area (Å²) < 4.78 is 50.5. The van der Waals surface area contributed by atoms with E-state index in [0.717, 1.165) is 46.2 Å². The molecule has 12 heteroatoms. The van der Waals surface area contributed by atoms with Gasteiger partial charge in [-0.2, -0.15) is 5.10 Å². The Hall–Kier alpha value is -4.65. The first-order valence-corrected chi connectivity index (χ1v) is 16.6. The number of likely N-dealkylation sites (N-methyl/N-ethyl adjacent to an activating group) is 1. The number of benzene rings is 2. The molecule has 7 rings (SSSR count). The molecule has 0 N–H and O–H groups in total. The van der Waals surface area contributed by atoms with Gasteiger partial charge in [-0.3, -0.25) is 14.4 Å². The van der Waals surface area contributed by atoms with Crippen LogP contribution in [0.25, 0.3) is 43.9 Å². The Balaban J connectivity index is 1.41. The molecule has 1 amide bonds. The number of fused-ring (bicyclic) bond motifs is 2. The number of pyridine rings is 1. The SMILES string of the molecule is C=CC(=O)N1CCn2nc(-c3nc(-c4ccc(OC5CN(C)C5)cc4)c4ccsc4c3-c3c(F)cc(F)cc3OCCOC)cc2[C@H]1C. The fraction of sp³-hybridized carbons (Fsp3) is 0.306. The van der Waals surface area contributed by atoms with E-state index < -0.39 is 11.6 Å². The van der Waals surface area contributed by atoms with Crippen LogP contribution in [0.2, 0.25) is 0 Å². The highest BCUT2D eigenvalue weighted by atomic mass is 32.1. The second-order valence-corrected chi connectivity index (χ2v) is 12.9. The lowest BCUT2D eigenvalue weighted by atomic mass is 9.96. The largest absolute Gasteiger partial charge is 0.490 e. The third-order valence-corrected chi connectivity index (χ3v) is 9.77. The van der Waals surface area contributed by atoms with Crippen molar-refractivity contribution in [2.45, 2.75) is 25.6 Å². The summed E-state index contributed by atoms with van der Waals surface area (Å²) >= 11 is 1.43. The van der Waals surface area contributed by atoms with E-state index in [0.29, 0.717) is 35.7 Å². The number of ether oxygens (including phenoxy) is 3. The predicted octanol–water partition coefficient (Wildman–Crippen LogP) is 6.58. The molecular formula is C36H35F2N5O4S. The lowest BCUT2D eigenvalue weighted by Crippen LogP contribution is -2.51. The maximum atomic E-state index is 16.1. The van der Waals surface area contributed by atoms with Crippen molar-refractivity contribution in [1.82, 2.24) is 24.6 Å². The van der Waals surface area contributed by atoms with Crippen molar-refractivity contribution in [3.05, 3.63) is 83.9 Å². The second-order valence-electron chi connectivity index (χ2n) is 12.0. The fourth-order valence-corrected chi connectivity index (χ4v) is 7.39. The van der Waals surface area contributed by atoms with Crippen molar-refractivity contribution in [2.75, 3.05) is 47.0 Å². The molecule has 5 aromatic rings. The summed E-state index contributed by atoms with van der Waals surface area (Å²) in [6, 6.07) is 13.4. The van der Waals surface area contributed by atoms with Crippen molar-refractivity contribution in [1.29, 1.82) is 0 Å². The van der Waals surface area contributed by atoms with E-state index in [2.05, 4.69) is 18.5 Å². The summed E-state index contributed by atoms with van der Waals surface area (Å²) in [6.07, 6.45) is 1.47. The minimum Gasteiger partial charge on any atom is -0.490 e. The van der Waals surface area contributed by atoms with Crippen molar-refractivity contribution in [3.63, 3.8) is 0 Å². The van der Waals surface area contributed by atoms with Gasteiger partial charge in [0, 0.05) is 60.1 Å². The molecule has 3 aromatic heterocycles. The number of aromatic nitrogens is 3. The van der Waals surface area contributed by atoms with Gasteiger partial charge in [0.2, 0.25) is 5.91 Å². The molecule has 1 saturated heterocycles. The van der Waals surface area contributed by atoms with Gasteiger partial charge in [-0.05, 0) is 61.8 Å². The molecule has 1 atom stereocenters. The molecule has 0 aliphatic carbocycles. The number of carbonyl (C=O) groups excluding carboxylic acids is 1. The van der Waals surface area contributed by atoms with Crippen LogP contribution < -0.4 is 9.47 Å². The van der Waals surface area contributed by atoms with Crippen molar-refractivity contribution in [2.24, 2.45) is 0 Å². The zero-order chi connectivity index (χ0) is 33.5. The topological polar surface area (TPSA) is 82.0 Å². The van der Waals surface area contributed by atoms with Gasteiger partial charge in [0.15, 0.2) is 0 Å². The van der Waals surface area contributed by atoms with Crippen LogP contribution in [0.4, 0.5) is 8.78 Å². The van der Waals surface area contributed by atoms with E-state index >= 15 is 4.39 Å². The minimum atomic E-state index is -0.781. The molecule has 0 spiro atoms. The summed E-state index contributed by atoms with van der Waals surface area (Å²) in [5, 5.41) is 7.67. The monoisotopic (exact) mass is 671 g/mol. The predicted molar refractivity (Wildman–Crippen MR) is 181 cm³/mol. The first-order valence-electron chi connectivity index (χ1n) is 15.7. The van der Waals surface area contributed by atoms with Crippen LogP contribution in [0.15, 0.2) is 66.6 Å². The van der Waals surface area contributed by atoms with Gasteiger partial charge in [-0.1, -0.05) is 6.58 Å². The van der Waals surface area contributed by atoms with E-state index in [1.165, 1.54) is 30.6 Å². The minimum absolute atomic E-state index is 0.0401. The molecule has 2 aliphatic heterocycles. The number of likely N-dealkylation sites (tertiary alicyclic amines) is 1. The third-order valence-electron chi connectivity index (χ3n) is 8.84. The van der Waals surface area contributed by atoms with E-state index in [4.69, 9.17) is 24.3 Å². The number of hydrogen-bond donors (Lipinski definition) is 0. The molecule has 0 radical (unpaired) electrons. The number of rotatable bonds is 10. The van der Waals surface area contributed by atoms with E-state index in [-0.39, 0.29) is 42.6 Å². The Morgan fingerprint density at radius 2 is 1.85 bits per heavy atom. The van der Waals surface area contributed by atoms with Crippen molar-refractivity contribution < 1.29 is 27.8 Å². The number of carbonyl (C=O) groups is 1. The van der Waals surface area contributed by atoms with E-state index in [1.54, 1.807) is 4.90 Å². The van der Waals surface area contributed by atoms with Crippen LogP contribution in [0.3, 0.4) is 0 Å². The Kier molecular flexibility index (Phi) is 8.71. The Morgan fingerprint density at radius 1 is 1.06 bits per heavy atom. The summed E-state index contributed by atoms with van der Waals surface area (Å²) in [5.41, 5.74) is 3.79. The molecule has 9 nitrogen and oxygen atoms in total. The molecule has 5 heterocycles. The normalized spacial score (nSPS) is 16.5. The zero-order valence-corrected chi connectivity index (χ0v) is 27.7. The van der Waals surface area contributed by atoms with Gasteiger partial charge in [-0.15, -0.1) is 11.3 Å². The number of hydrogen-bond acceptors (Lipinski definition) is 8. The highest BCUT2D eigenvalue weighted by Gasteiger charge is 2.31. The van der Waals surface area contributed by atoms with Crippen molar-refractivity contribution in [3.8, 4) is 45.3 Å². The van der Waals surface area contributed by atoms with Crippen LogP contribution >= 0.6 is 11.3 Å². The Labute approximate surface area is 281 Å². The van der Waals surface area contributed by atoms with Gasteiger partial charge < -0.3 is 19.1 Å². The lowest BCUT2D eigenvalue weighted by Gasteiger charge is -2.36. The number of nitrogens with zero attached hydrogens (tertiary/aromatic N) is 5. The molecule has 2 aliphatic rings. The number of halogens is 2. The van der Waals surface area contributed by atoms with Gasteiger partial charge in [0.25, 0.3) is 0 Å². The van der Waals surface area contributed by atoms with E-state index in [1.807, 2.05) is 53.4 Å². The summed E-state index contributed by atoms with van der Waals surface area (Å²) in [5.74, 6) is -0.891. The number of thiophene rings is 1. The van der Waals surface area contributed by atoms with Gasteiger partial charge >= 0.3 is 0 Å². The number of methoxy groups -OCH3 is 1. The lowest BCUT2D eigenvalue weighted by molar-refractivity contribution is -0.129. The molecule has 0 bridgehead atoms. The molecule has 248 valence electrons. The molecule has 48 heavy (non-hydrogen) atoms. The zero-order valence-electron chi connectivity index (χ0n) is 26.9. The Bertz CT molecular complexity index is 2000. The van der Waals surface area contributed by atoms with E-state index in [9.17, 15) is 9.18 Å². The van der Waals surface area contributed by atoms with Crippen molar-refractivity contribution >= 4 is 27.3 Å². The summed E-state index contributed by atoms with van der Waals surface area (Å²) in [7, 11) is 3.59. The van der Waals surface area contributed by atoms with Gasteiger partial charge in [-0.25, -0.2) is 13.8 Å². The average Bonchev–Trinajstić information content (AvgIpc) is 3.73. The molecular weight excluding hydrogens is 636 g/mol. The van der Waals surface area contributed by atoms with Gasteiger partial charge in [0.1, 0.15) is 47.2 Å². The molecule has 0 saturated carbocycles. The van der Waals surface area contributed by atoms with Crippen LogP contribution in [0, 0.1) is 11.6 Å². The standard InChI is InChI=1S/C36H35F2N5O4S/c1-5-31(44)42-11-12-43-29(21(42)2)18-28(40-43)35-33(32-27(38)16-23(37)17-30(32)46-14-13-45-4)36-26(10-15-48-36)34(39-35)22-6-8-24(9-7-22)47-25-19-41(3)20-25/h5-10,15-18,21,25H,1,11-14,19-20H2,2-4H3/t21-/m1/s1. The second kappa shape index (κ2) is 13.1. The molecule has 2 aromatic carbocycles. The fourth-order valence-electron chi connectivity index (χ4n) is 6.44. The van der Waals surface area contributed by atoms with Crippen LogP contribution in [-0.2, 0) is 16.1 Å². The number of amides is 1.